The number of carbonyl (C=O) groups excluding carboxylic acids is 1. The number of amides is 2. The first-order chi connectivity index (χ1) is 10.6. The van der Waals surface area contributed by atoms with Crippen molar-refractivity contribution in [2.75, 3.05) is 33.2 Å². The third-order valence-electron chi connectivity index (χ3n) is 4.59. The fraction of sp³-hybridized carbons (Fsp3) is 0.500. The maximum absolute atomic E-state index is 12.8. The normalized spacial score (nSPS) is 22.3. The number of likely N-dealkylation sites (N-methyl/N-ethyl adjacent to an activating group) is 1. The second-order valence-corrected chi connectivity index (χ2v) is 6.03. The van der Waals surface area contributed by atoms with Crippen molar-refractivity contribution < 1.29 is 14.7 Å². The average Bonchev–Trinajstić information content (AvgIpc) is 2.53. The molecule has 0 aliphatic carbocycles. The van der Waals surface area contributed by atoms with Gasteiger partial charge in [0.25, 0.3) is 0 Å². The molecule has 3 rings (SSSR count). The minimum atomic E-state index is -1.03. The standard InChI is InChI=1S/C16H21N3O3/c1-17-6-8-18(9-7-17)15(20)14-10-12-4-2-3-5-13(12)11-19(14)16(21)22/h2-5,14H,6-11H2,1H3,(H,21,22)/t14-/m0/s1. The number of benzene rings is 1. The SMILES string of the molecule is CN1CCN(C(=O)[C@@H]2Cc3ccccc3CN2C(=O)O)CC1. The Hall–Kier alpha value is -2.08. The molecule has 1 N–H and O–H groups in total. The maximum atomic E-state index is 12.8. The van der Waals surface area contributed by atoms with Crippen LogP contribution < -0.4 is 0 Å². The van der Waals surface area contributed by atoms with Crippen molar-refractivity contribution in [1.82, 2.24) is 14.7 Å². The Morgan fingerprint density at radius 2 is 1.73 bits per heavy atom. The second kappa shape index (κ2) is 5.96. The van der Waals surface area contributed by atoms with Crippen molar-refractivity contribution in [2.24, 2.45) is 0 Å². The van der Waals surface area contributed by atoms with Crippen LogP contribution in [0.25, 0.3) is 0 Å². The third-order valence-corrected chi connectivity index (χ3v) is 4.59. The van der Waals surface area contributed by atoms with Gasteiger partial charge in [-0.05, 0) is 18.2 Å². The molecule has 118 valence electrons. The van der Waals surface area contributed by atoms with Crippen molar-refractivity contribution in [3.05, 3.63) is 35.4 Å². The molecule has 0 spiro atoms. The van der Waals surface area contributed by atoms with Crippen molar-refractivity contribution in [3.8, 4) is 0 Å². The van der Waals surface area contributed by atoms with Gasteiger partial charge in [0.15, 0.2) is 0 Å². The van der Waals surface area contributed by atoms with E-state index in [1.165, 1.54) is 4.90 Å². The summed E-state index contributed by atoms with van der Waals surface area (Å²) < 4.78 is 0. The number of nitrogens with zero attached hydrogens (tertiary/aromatic N) is 3. The largest absolute Gasteiger partial charge is 0.465 e. The Bertz CT molecular complexity index is 582. The maximum Gasteiger partial charge on any atom is 0.408 e. The van der Waals surface area contributed by atoms with Crippen LogP contribution in [0.2, 0.25) is 0 Å². The second-order valence-electron chi connectivity index (χ2n) is 6.03. The fourth-order valence-electron chi connectivity index (χ4n) is 3.18. The summed E-state index contributed by atoms with van der Waals surface area (Å²) in [5, 5.41) is 9.47. The molecule has 0 unspecified atom stereocenters. The first kappa shape index (κ1) is 14.8. The lowest BCUT2D eigenvalue weighted by atomic mass is 9.93. The minimum absolute atomic E-state index is 0.0648. The summed E-state index contributed by atoms with van der Waals surface area (Å²) in [6, 6.07) is 7.16. The summed E-state index contributed by atoms with van der Waals surface area (Å²) in [6.07, 6.45) is -0.560. The first-order valence-electron chi connectivity index (χ1n) is 7.60. The van der Waals surface area contributed by atoms with Gasteiger partial charge in [-0.3, -0.25) is 9.69 Å². The molecule has 2 amide bonds. The molecule has 1 aromatic rings. The van der Waals surface area contributed by atoms with Crippen LogP contribution in [0.4, 0.5) is 4.79 Å². The van der Waals surface area contributed by atoms with E-state index in [-0.39, 0.29) is 12.5 Å². The van der Waals surface area contributed by atoms with E-state index in [0.717, 1.165) is 24.2 Å². The number of carbonyl (C=O) groups is 2. The molecular weight excluding hydrogens is 282 g/mol. The molecule has 6 nitrogen and oxygen atoms in total. The van der Waals surface area contributed by atoms with Gasteiger partial charge in [-0.25, -0.2) is 4.79 Å². The number of rotatable bonds is 1. The number of fused-ring (bicyclic) bond motifs is 1. The quantitative estimate of drug-likeness (QED) is 0.836. The molecule has 2 heterocycles. The Labute approximate surface area is 129 Å². The molecule has 1 atom stereocenters. The van der Waals surface area contributed by atoms with E-state index in [4.69, 9.17) is 0 Å². The van der Waals surface area contributed by atoms with E-state index < -0.39 is 12.1 Å². The molecule has 0 bridgehead atoms. The van der Waals surface area contributed by atoms with Crippen LogP contribution in [-0.4, -0.2) is 71.1 Å². The van der Waals surface area contributed by atoms with Crippen molar-refractivity contribution in [2.45, 2.75) is 19.0 Å². The monoisotopic (exact) mass is 303 g/mol. The summed E-state index contributed by atoms with van der Waals surface area (Å²) in [6.45, 7) is 3.29. The smallest absolute Gasteiger partial charge is 0.408 e. The highest BCUT2D eigenvalue weighted by atomic mass is 16.4. The Kier molecular flexibility index (Phi) is 4.02. The number of piperazine rings is 1. The summed E-state index contributed by atoms with van der Waals surface area (Å²) in [7, 11) is 2.03. The average molecular weight is 303 g/mol. The van der Waals surface area contributed by atoms with Gasteiger partial charge < -0.3 is 14.9 Å². The zero-order valence-electron chi connectivity index (χ0n) is 12.7. The van der Waals surface area contributed by atoms with Gasteiger partial charge in [0.2, 0.25) is 5.91 Å². The highest BCUT2D eigenvalue weighted by molar-refractivity contribution is 5.86. The zero-order valence-corrected chi connectivity index (χ0v) is 12.7. The van der Waals surface area contributed by atoms with Crippen LogP contribution in [-0.2, 0) is 17.8 Å². The van der Waals surface area contributed by atoms with Crippen LogP contribution >= 0.6 is 0 Å². The van der Waals surface area contributed by atoms with Gasteiger partial charge >= 0.3 is 6.09 Å². The predicted molar refractivity (Wildman–Crippen MR) is 81.6 cm³/mol. The summed E-state index contributed by atoms with van der Waals surface area (Å²) in [5.74, 6) is -0.0648. The van der Waals surface area contributed by atoms with Gasteiger partial charge in [-0.2, -0.15) is 0 Å². The van der Waals surface area contributed by atoms with Crippen molar-refractivity contribution >= 4 is 12.0 Å². The first-order valence-corrected chi connectivity index (χ1v) is 7.60. The predicted octanol–water partition coefficient (Wildman–Crippen LogP) is 0.865. The van der Waals surface area contributed by atoms with Crippen LogP contribution in [0, 0.1) is 0 Å². The van der Waals surface area contributed by atoms with E-state index in [0.29, 0.717) is 19.5 Å². The molecule has 2 aliphatic rings. The van der Waals surface area contributed by atoms with Crippen LogP contribution in [0.1, 0.15) is 11.1 Å². The Balaban J connectivity index is 1.81. The van der Waals surface area contributed by atoms with Gasteiger partial charge in [-0.1, -0.05) is 24.3 Å². The van der Waals surface area contributed by atoms with E-state index in [9.17, 15) is 14.7 Å². The summed E-state index contributed by atoms with van der Waals surface area (Å²) in [4.78, 5) is 29.6. The van der Waals surface area contributed by atoms with Crippen LogP contribution in [0.3, 0.4) is 0 Å². The highest BCUT2D eigenvalue weighted by Gasteiger charge is 2.37. The molecule has 1 fully saturated rings. The third kappa shape index (κ3) is 2.78. The Morgan fingerprint density at radius 3 is 2.36 bits per heavy atom. The van der Waals surface area contributed by atoms with E-state index in [1.807, 2.05) is 31.3 Å². The fourth-order valence-corrected chi connectivity index (χ4v) is 3.18. The zero-order chi connectivity index (χ0) is 15.7. The van der Waals surface area contributed by atoms with Gasteiger partial charge in [-0.15, -0.1) is 0 Å². The molecular formula is C16H21N3O3. The van der Waals surface area contributed by atoms with Crippen LogP contribution in [0.5, 0.6) is 0 Å². The van der Waals surface area contributed by atoms with Gasteiger partial charge in [0.05, 0.1) is 6.54 Å². The Morgan fingerprint density at radius 1 is 1.09 bits per heavy atom. The van der Waals surface area contributed by atoms with E-state index in [2.05, 4.69) is 4.90 Å². The summed E-state index contributed by atoms with van der Waals surface area (Å²) in [5.41, 5.74) is 2.07. The molecule has 2 aliphatic heterocycles. The van der Waals surface area contributed by atoms with Gasteiger partial charge in [0, 0.05) is 32.6 Å². The number of hydrogen-bond acceptors (Lipinski definition) is 3. The number of carboxylic acid groups (broad SMARTS) is 1. The van der Waals surface area contributed by atoms with E-state index >= 15 is 0 Å². The number of hydrogen-bond donors (Lipinski definition) is 1. The summed E-state index contributed by atoms with van der Waals surface area (Å²) >= 11 is 0. The molecule has 0 aromatic heterocycles. The molecule has 22 heavy (non-hydrogen) atoms. The molecule has 1 aromatic carbocycles. The molecule has 1 saturated heterocycles. The van der Waals surface area contributed by atoms with E-state index in [1.54, 1.807) is 4.90 Å². The molecule has 0 saturated carbocycles. The van der Waals surface area contributed by atoms with Crippen molar-refractivity contribution in [1.29, 1.82) is 0 Å². The minimum Gasteiger partial charge on any atom is -0.465 e. The lowest BCUT2D eigenvalue weighted by Crippen LogP contribution is -2.57. The topological polar surface area (TPSA) is 64.1 Å². The highest BCUT2D eigenvalue weighted by Crippen LogP contribution is 2.24. The van der Waals surface area contributed by atoms with Crippen molar-refractivity contribution in [3.63, 3.8) is 0 Å². The van der Waals surface area contributed by atoms with Gasteiger partial charge in [0.1, 0.15) is 6.04 Å². The lowest BCUT2D eigenvalue weighted by Gasteiger charge is -2.39. The van der Waals surface area contributed by atoms with Crippen LogP contribution in [0.15, 0.2) is 24.3 Å². The molecule has 6 heteroatoms. The molecule has 0 radical (unpaired) electrons. The lowest BCUT2D eigenvalue weighted by molar-refractivity contribution is -0.138.